The van der Waals surface area contributed by atoms with Gasteiger partial charge in [-0.3, -0.25) is 9.59 Å². The number of hydrogen-bond acceptors (Lipinski definition) is 2. The molecule has 3 nitrogen and oxygen atoms in total. The van der Waals surface area contributed by atoms with Crippen molar-refractivity contribution in [2.45, 2.75) is 6.42 Å². The molecule has 0 spiro atoms. The topological polar surface area (TPSA) is 46.2 Å². The third kappa shape index (κ3) is 4.34. The summed E-state index contributed by atoms with van der Waals surface area (Å²) >= 11 is 6.05. The molecule has 124 valence electrons. The van der Waals surface area contributed by atoms with E-state index in [1.807, 2.05) is 36.4 Å². The first kappa shape index (κ1) is 16.9. The second kappa shape index (κ2) is 7.77. The summed E-state index contributed by atoms with van der Waals surface area (Å²) in [4.78, 5) is 25.1. The zero-order valence-corrected chi connectivity index (χ0v) is 14.2. The highest BCUT2D eigenvalue weighted by molar-refractivity contribution is 6.31. The Morgan fingerprint density at radius 3 is 2.16 bits per heavy atom. The van der Waals surface area contributed by atoms with Gasteiger partial charge in [-0.25, -0.2) is 0 Å². The molecule has 0 unspecified atom stereocenters. The van der Waals surface area contributed by atoms with Crippen molar-refractivity contribution in [3.05, 3.63) is 101 Å². The molecule has 0 radical (unpaired) electrons. The molecule has 0 saturated heterocycles. The third-order valence-electron chi connectivity index (χ3n) is 3.74. The van der Waals surface area contributed by atoms with Gasteiger partial charge in [-0.15, -0.1) is 0 Å². The first-order valence-electron chi connectivity index (χ1n) is 7.86. The summed E-state index contributed by atoms with van der Waals surface area (Å²) in [5.41, 5.74) is 2.28. The average Bonchev–Trinajstić information content (AvgIpc) is 2.64. The van der Waals surface area contributed by atoms with Crippen LogP contribution in [0.4, 0.5) is 5.69 Å². The lowest BCUT2D eigenvalue weighted by atomic mass is 10.0. The number of carbonyl (C=O) groups excluding carboxylic acids is 2. The Morgan fingerprint density at radius 2 is 1.48 bits per heavy atom. The van der Waals surface area contributed by atoms with Crippen LogP contribution in [0.5, 0.6) is 0 Å². The Balaban J connectivity index is 1.84. The van der Waals surface area contributed by atoms with Crippen LogP contribution in [-0.2, 0) is 11.2 Å². The molecule has 1 N–H and O–H groups in total. The molecule has 0 aliphatic heterocycles. The highest BCUT2D eigenvalue weighted by Gasteiger charge is 2.16. The first-order valence-corrected chi connectivity index (χ1v) is 8.24. The van der Waals surface area contributed by atoms with Crippen LogP contribution in [0.25, 0.3) is 0 Å². The van der Waals surface area contributed by atoms with Gasteiger partial charge in [0.1, 0.15) is 0 Å². The molecule has 0 bridgehead atoms. The SMILES string of the molecule is O=C(Cc1ccccc1)Nc1ccc(Cl)cc1C(=O)c1ccccc1. The smallest absolute Gasteiger partial charge is 0.228 e. The molecule has 3 aromatic carbocycles. The molecule has 0 saturated carbocycles. The van der Waals surface area contributed by atoms with Gasteiger partial charge in [0.05, 0.1) is 12.1 Å². The van der Waals surface area contributed by atoms with Gasteiger partial charge in [-0.05, 0) is 23.8 Å². The summed E-state index contributed by atoms with van der Waals surface area (Å²) in [6, 6.07) is 23.2. The fourth-order valence-electron chi connectivity index (χ4n) is 2.53. The van der Waals surface area contributed by atoms with Crippen molar-refractivity contribution in [3.63, 3.8) is 0 Å². The molecule has 0 aromatic heterocycles. The minimum Gasteiger partial charge on any atom is -0.325 e. The summed E-state index contributed by atoms with van der Waals surface area (Å²) in [6.07, 6.45) is 0.239. The van der Waals surface area contributed by atoms with Gasteiger partial charge < -0.3 is 5.32 Å². The third-order valence-corrected chi connectivity index (χ3v) is 3.98. The summed E-state index contributed by atoms with van der Waals surface area (Å²) in [7, 11) is 0. The Kier molecular flexibility index (Phi) is 5.26. The molecule has 3 rings (SSSR count). The molecule has 0 aliphatic carbocycles. The Bertz CT molecular complexity index is 892. The quantitative estimate of drug-likeness (QED) is 0.675. The molecule has 1 amide bonds. The molecule has 0 atom stereocenters. The van der Waals surface area contributed by atoms with E-state index in [1.54, 1.807) is 42.5 Å². The van der Waals surface area contributed by atoms with E-state index in [0.29, 0.717) is 21.8 Å². The highest BCUT2D eigenvalue weighted by Crippen LogP contribution is 2.24. The maximum atomic E-state index is 12.7. The van der Waals surface area contributed by atoms with Gasteiger partial charge in [0, 0.05) is 16.1 Å². The summed E-state index contributed by atoms with van der Waals surface area (Å²) in [5.74, 6) is -0.367. The molecule has 25 heavy (non-hydrogen) atoms. The van der Waals surface area contributed by atoms with Crippen LogP contribution in [0.3, 0.4) is 0 Å². The minimum atomic E-state index is -0.185. The lowest BCUT2D eigenvalue weighted by Gasteiger charge is -2.11. The lowest BCUT2D eigenvalue weighted by Crippen LogP contribution is -2.17. The van der Waals surface area contributed by atoms with E-state index in [9.17, 15) is 9.59 Å². The van der Waals surface area contributed by atoms with Gasteiger partial charge in [0.25, 0.3) is 0 Å². The predicted molar refractivity (Wildman–Crippen MR) is 100 cm³/mol. The standard InChI is InChI=1S/C21H16ClNO2/c22-17-11-12-19(23-20(24)13-15-7-3-1-4-8-15)18(14-17)21(25)16-9-5-2-6-10-16/h1-12,14H,13H2,(H,23,24). The number of hydrogen-bond donors (Lipinski definition) is 1. The number of rotatable bonds is 5. The molecule has 0 fully saturated rings. The van der Waals surface area contributed by atoms with Gasteiger partial charge in [0.15, 0.2) is 5.78 Å². The largest absolute Gasteiger partial charge is 0.325 e. The molecular weight excluding hydrogens is 334 g/mol. The number of nitrogens with one attached hydrogen (secondary N) is 1. The number of halogens is 1. The molecule has 0 aliphatic rings. The van der Waals surface area contributed by atoms with E-state index in [2.05, 4.69) is 5.32 Å². The van der Waals surface area contributed by atoms with Crippen molar-refractivity contribution < 1.29 is 9.59 Å². The van der Waals surface area contributed by atoms with E-state index >= 15 is 0 Å². The van der Waals surface area contributed by atoms with Crippen LogP contribution in [0, 0.1) is 0 Å². The van der Waals surface area contributed by atoms with E-state index in [0.717, 1.165) is 5.56 Å². The molecule has 0 heterocycles. The van der Waals surface area contributed by atoms with E-state index < -0.39 is 0 Å². The average molecular weight is 350 g/mol. The van der Waals surface area contributed by atoms with Gasteiger partial charge >= 0.3 is 0 Å². The molecule has 4 heteroatoms. The van der Waals surface area contributed by atoms with Gasteiger partial charge in [-0.2, -0.15) is 0 Å². The fourth-order valence-corrected chi connectivity index (χ4v) is 2.71. The van der Waals surface area contributed by atoms with Crippen molar-refractivity contribution in [1.82, 2.24) is 0 Å². The van der Waals surface area contributed by atoms with Crippen LogP contribution in [0.15, 0.2) is 78.9 Å². The molecule has 3 aromatic rings. The highest BCUT2D eigenvalue weighted by atomic mass is 35.5. The summed E-state index contributed by atoms with van der Waals surface area (Å²) in [5, 5.41) is 3.26. The van der Waals surface area contributed by atoms with E-state index in [4.69, 9.17) is 11.6 Å². The normalized spacial score (nSPS) is 10.3. The van der Waals surface area contributed by atoms with Crippen LogP contribution >= 0.6 is 11.6 Å². The van der Waals surface area contributed by atoms with Crippen LogP contribution in [0.2, 0.25) is 5.02 Å². The number of anilines is 1. The Hall–Kier alpha value is -2.91. The van der Waals surface area contributed by atoms with Crippen molar-refractivity contribution in [1.29, 1.82) is 0 Å². The van der Waals surface area contributed by atoms with Crippen molar-refractivity contribution in [2.24, 2.45) is 0 Å². The monoisotopic (exact) mass is 349 g/mol. The lowest BCUT2D eigenvalue weighted by molar-refractivity contribution is -0.115. The van der Waals surface area contributed by atoms with Crippen molar-refractivity contribution in [3.8, 4) is 0 Å². The number of ketones is 1. The number of benzene rings is 3. The summed E-state index contributed by atoms with van der Waals surface area (Å²) in [6.45, 7) is 0. The van der Waals surface area contributed by atoms with Crippen LogP contribution in [-0.4, -0.2) is 11.7 Å². The Morgan fingerprint density at radius 1 is 0.840 bits per heavy atom. The number of carbonyl (C=O) groups is 2. The van der Waals surface area contributed by atoms with Gasteiger partial charge in [-0.1, -0.05) is 72.3 Å². The maximum Gasteiger partial charge on any atom is 0.228 e. The second-order valence-corrected chi connectivity index (χ2v) is 6.03. The van der Waals surface area contributed by atoms with Crippen LogP contribution < -0.4 is 5.32 Å². The van der Waals surface area contributed by atoms with E-state index in [-0.39, 0.29) is 18.1 Å². The predicted octanol–water partition coefficient (Wildman–Crippen LogP) is 4.75. The Labute approximate surface area is 151 Å². The second-order valence-electron chi connectivity index (χ2n) is 5.60. The van der Waals surface area contributed by atoms with Crippen molar-refractivity contribution >= 4 is 29.0 Å². The van der Waals surface area contributed by atoms with Crippen LogP contribution in [0.1, 0.15) is 21.5 Å². The van der Waals surface area contributed by atoms with Crippen molar-refractivity contribution in [2.75, 3.05) is 5.32 Å². The zero-order valence-electron chi connectivity index (χ0n) is 13.4. The fraction of sp³-hybridized carbons (Fsp3) is 0.0476. The minimum absolute atomic E-state index is 0.182. The maximum absolute atomic E-state index is 12.7. The first-order chi connectivity index (χ1) is 12.1. The zero-order chi connectivity index (χ0) is 17.6. The van der Waals surface area contributed by atoms with Gasteiger partial charge in [0.2, 0.25) is 5.91 Å². The van der Waals surface area contributed by atoms with E-state index in [1.165, 1.54) is 0 Å². The number of amides is 1. The molecular formula is C21H16ClNO2. The summed E-state index contributed by atoms with van der Waals surface area (Å²) < 4.78 is 0.